The molecule has 0 N–H and O–H groups in total. The number of fused-ring (bicyclic) bond motifs is 1. The largest absolute Gasteiger partial charge is 0.367 e. The van der Waals surface area contributed by atoms with E-state index < -0.39 is 0 Å². The maximum Gasteiger partial charge on any atom is 0.122 e. The number of hydrogen-bond donors (Lipinski definition) is 0. The Bertz CT molecular complexity index is 397. The molecule has 1 fully saturated rings. The van der Waals surface area contributed by atoms with E-state index in [2.05, 4.69) is 29.2 Å². The molecule has 1 atom stereocenters. The molecule has 0 bridgehead atoms. The number of anilines is 1. The van der Waals surface area contributed by atoms with Crippen molar-refractivity contribution in [2.45, 2.75) is 31.7 Å². The van der Waals surface area contributed by atoms with Crippen LogP contribution in [0, 0.1) is 5.92 Å². The van der Waals surface area contributed by atoms with Gasteiger partial charge in [-0.05, 0) is 36.8 Å². The van der Waals surface area contributed by atoms with E-state index in [1.165, 1.54) is 24.1 Å². The fourth-order valence-corrected chi connectivity index (χ4v) is 2.67. The van der Waals surface area contributed by atoms with E-state index in [0.29, 0.717) is 12.5 Å². The van der Waals surface area contributed by atoms with Crippen LogP contribution in [0.4, 0.5) is 5.69 Å². The Morgan fingerprint density at radius 3 is 2.88 bits per heavy atom. The van der Waals surface area contributed by atoms with Gasteiger partial charge in [0.2, 0.25) is 0 Å². The van der Waals surface area contributed by atoms with Crippen LogP contribution in [0.5, 0.6) is 0 Å². The fourth-order valence-electron chi connectivity index (χ4n) is 2.67. The Kier molecular flexibility index (Phi) is 2.43. The first-order valence-electron chi connectivity index (χ1n) is 6.16. The first-order chi connectivity index (χ1) is 7.88. The van der Waals surface area contributed by atoms with E-state index in [9.17, 15) is 4.79 Å². The number of rotatable bonds is 4. The van der Waals surface area contributed by atoms with Gasteiger partial charge in [-0.25, -0.2) is 0 Å². The summed E-state index contributed by atoms with van der Waals surface area (Å²) in [6.07, 6.45) is 5.51. The molecule has 1 unspecified atom stereocenters. The minimum Gasteiger partial charge on any atom is -0.367 e. The molecule has 1 heterocycles. The summed E-state index contributed by atoms with van der Waals surface area (Å²) in [7, 11) is 0. The molecule has 1 aliphatic heterocycles. The van der Waals surface area contributed by atoms with Gasteiger partial charge in [-0.15, -0.1) is 0 Å². The van der Waals surface area contributed by atoms with Crippen LogP contribution in [-0.4, -0.2) is 18.9 Å². The number of carbonyl (C=O) groups is 1. The number of nitrogens with zero attached hydrogens (tertiary/aromatic N) is 1. The summed E-state index contributed by atoms with van der Waals surface area (Å²) in [6.45, 7) is 1.15. The highest BCUT2D eigenvalue weighted by molar-refractivity contribution is 5.62. The third-order valence-electron chi connectivity index (χ3n) is 3.72. The second kappa shape index (κ2) is 3.93. The van der Waals surface area contributed by atoms with E-state index in [1.54, 1.807) is 0 Å². The Balaban J connectivity index is 1.85. The lowest BCUT2D eigenvalue weighted by Gasteiger charge is -2.26. The number of carbonyl (C=O) groups excluding carboxylic acids is 1. The van der Waals surface area contributed by atoms with E-state index in [4.69, 9.17) is 0 Å². The van der Waals surface area contributed by atoms with E-state index in [1.807, 2.05) is 0 Å². The van der Waals surface area contributed by atoms with E-state index in [0.717, 1.165) is 25.2 Å². The zero-order valence-electron chi connectivity index (χ0n) is 9.43. The van der Waals surface area contributed by atoms with Crippen molar-refractivity contribution >= 4 is 12.0 Å². The van der Waals surface area contributed by atoms with Gasteiger partial charge in [-0.2, -0.15) is 0 Å². The van der Waals surface area contributed by atoms with Crippen molar-refractivity contribution in [3.63, 3.8) is 0 Å². The summed E-state index contributed by atoms with van der Waals surface area (Å²) in [4.78, 5) is 13.2. The van der Waals surface area contributed by atoms with E-state index >= 15 is 0 Å². The maximum absolute atomic E-state index is 10.7. The van der Waals surface area contributed by atoms with Crippen LogP contribution in [-0.2, 0) is 11.2 Å². The highest BCUT2D eigenvalue weighted by Gasteiger charge is 2.33. The van der Waals surface area contributed by atoms with Gasteiger partial charge in [0.05, 0.1) is 0 Å². The first kappa shape index (κ1) is 9.88. The Morgan fingerprint density at radius 2 is 2.12 bits per heavy atom. The van der Waals surface area contributed by atoms with Crippen LogP contribution in [0.15, 0.2) is 24.3 Å². The molecule has 2 aliphatic rings. The molecule has 0 radical (unpaired) electrons. The zero-order valence-corrected chi connectivity index (χ0v) is 9.43. The van der Waals surface area contributed by atoms with Gasteiger partial charge in [0.15, 0.2) is 0 Å². The Hall–Kier alpha value is -1.31. The van der Waals surface area contributed by atoms with Crippen LogP contribution < -0.4 is 4.90 Å². The lowest BCUT2D eigenvalue weighted by atomic mass is 10.1. The minimum absolute atomic E-state index is 0.412. The lowest BCUT2D eigenvalue weighted by molar-refractivity contribution is -0.108. The quantitative estimate of drug-likeness (QED) is 0.719. The summed E-state index contributed by atoms with van der Waals surface area (Å²) in [5.41, 5.74) is 2.77. The Morgan fingerprint density at radius 1 is 1.31 bits per heavy atom. The van der Waals surface area contributed by atoms with Gasteiger partial charge in [0.25, 0.3) is 0 Å². The van der Waals surface area contributed by atoms with Gasteiger partial charge >= 0.3 is 0 Å². The molecule has 84 valence electrons. The summed E-state index contributed by atoms with van der Waals surface area (Å²) in [6, 6.07) is 9.00. The third kappa shape index (κ3) is 1.73. The average Bonchev–Trinajstić information content (AvgIpc) is 3.04. The van der Waals surface area contributed by atoms with Crippen molar-refractivity contribution in [1.82, 2.24) is 0 Å². The molecule has 3 rings (SSSR count). The van der Waals surface area contributed by atoms with Crippen molar-refractivity contribution in [2.75, 3.05) is 11.4 Å². The van der Waals surface area contributed by atoms with Crippen molar-refractivity contribution in [3.8, 4) is 0 Å². The predicted octanol–water partition coefficient (Wildman–Crippen LogP) is 2.42. The molecule has 2 nitrogen and oxygen atoms in total. The van der Waals surface area contributed by atoms with Crippen LogP contribution in [0.3, 0.4) is 0 Å². The molecular weight excluding hydrogens is 198 g/mol. The van der Waals surface area contributed by atoms with Crippen molar-refractivity contribution in [3.05, 3.63) is 29.8 Å². The molecule has 2 heteroatoms. The summed E-state index contributed by atoms with van der Waals surface area (Å²) >= 11 is 0. The molecular formula is C14H17NO. The van der Waals surface area contributed by atoms with Gasteiger partial charge < -0.3 is 9.69 Å². The van der Waals surface area contributed by atoms with Gasteiger partial charge in [0.1, 0.15) is 6.29 Å². The fraction of sp³-hybridized carbons (Fsp3) is 0.500. The summed E-state index contributed by atoms with van der Waals surface area (Å²) < 4.78 is 0. The van der Waals surface area contributed by atoms with Crippen LogP contribution in [0.25, 0.3) is 0 Å². The average molecular weight is 215 g/mol. The highest BCUT2D eigenvalue weighted by Crippen LogP contribution is 2.38. The standard InChI is InChI=1S/C14H17NO/c16-8-7-13-9-12-3-1-2-4-14(12)15(13)10-11-5-6-11/h1-4,8,11,13H,5-7,9-10H2. The first-order valence-corrected chi connectivity index (χ1v) is 6.16. The lowest BCUT2D eigenvalue weighted by Crippen LogP contribution is -2.34. The summed E-state index contributed by atoms with van der Waals surface area (Å²) in [5.74, 6) is 0.875. The number of hydrogen-bond acceptors (Lipinski definition) is 2. The number of aldehydes is 1. The summed E-state index contributed by atoms with van der Waals surface area (Å²) in [5, 5.41) is 0. The molecule has 1 aromatic carbocycles. The van der Waals surface area contributed by atoms with E-state index in [-0.39, 0.29) is 0 Å². The monoisotopic (exact) mass is 215 g/mol. The number of benzene rings is 1. The zero-order chi connectivity index (χ0) is 11.0. The molecule has 1 aliphatic carbocycles. The van der Waals surface area contributed by atoms with Crippen molar-refractivity contribution < 1.29 is 4.79 Å². The minimum atomic E-state index is 0.412. The van der Waals surface area contributed by atoms with Crippen molar-refractivity contribution in [1.29, 1.82) is 0 Å². The van der Waals surface area contributed by atoms with Crippen LogP contribution in [0.1, 0.15) is 24.8 Å². The molecule has 1 saturated carbocycles. The normalized spacial score (nSPS) is 23.2. The van der Waals surface area contributed by atoms with Gasteiger partial charge in [-0.3, -0.25) is 0 Å². The molecule has 0 saturated heterocycles. The molecule has 0 aromatic heterocycles. The smallest absolute Gasteiger partial charge is 0.122 e. The SMILES string of the molecule is O=CCC1Cc2ccccc2N1CC1CC1. The molecule has 0 spiro atoms. The predicted molar refractivity (Wildman–Crippen MR) is 64.7 cm³/mol. The van der Waals surface area contributed by atoms with Crippen molar-refractivity contribution in [2.24, 2.45) is 5.92 Å². The second-order valence-electron chi connectivity index (χ2n) is 4.98. The molecule has 16 heavy (non-hydrogen) atoms. The molecule has 0 amide bonds. The highest BCUT2D eigenvalue weighted by atomic mass is 16.1. The molecule has 1 aromatic rings. The third-order valence-corrected chi connectivity index (χ3v) is 3.72. The van der Waals surface area contributed by atoms with Gasteiger partial charge in [0, 0.05) is 24.7 Å². The topological polar surface area (TPSA) is 20.3 Å². The van der Waals surface area contributed by atoms with Crippen LogP contribution >= 0.6 is 0 Å². The number of para-hydroxylation sites is 1. The Labute approximate surface area is 96.3 Å². The second-order valence-corrected chi connectivity index (χ2v) is 4.98. The van der Waals surface area contributed by atoms with Gasteiger partial charge in [-0.1, -0.05) is 18.2 Å². The maximum atomic E-state index is 10.7. The van der Waals surface area contributed by atoms with Crippen LogP contribution in [0.2, 0.25) is 0 Å².